The Kier molecular flexibility index (Phi) is 20.1. The summed E-state index contributed by atoms with van der Waals surface area (Å²) in [7, 11) is 5.12. The lowest BCUT2D eigenvalue weighted by atomic mass is 9.85. The summed E-state index contributed by atoms with van der Waals surface area (Å²) >= 11 is 11.9. The first-order chi connectivity index (χ1) is 33.6. The van der Waals surface area contributed by atoms with E-state index in [4.69, 9.17) is 11.6 Å². The smallest absolute Gasteiger partial charge is 0.254 e. The van der Waals surface area contributed by atoms with Crippen molar-refractivity contribution in [2.24, 2.45) is 11.8 Å². The Bertz CT molecular complexity index is 3080. The molecule has 4 amide bonds. The lowest BCUT2D eigenvalue weighted by molar-refractivity contribution is -0.120. The van der Waals surface area contributed by atoms with Gasteiger partial charge in [-0.2, -0.15) is 0 Å². The van der Waals surface area contributed by atoms with Crippen molar-refractivity contribution in [2.45, 2.75) is 47.5 Å². The van der Waals surface area contributed by atoms with Gasteiger partial charge in [0.15, 0.2) is 0 Å². The molecule has 0 saturated carbocycles. The number of carbonyl (C=O) groups excluding carboxylic acids is 4. The van der Waals surface area contributed by atoms with Crippen LogP contribution < -0.4 is 10.6 Å². The molecule has 376 valence electrons. The van der Waals surface area contributed by atoms with E-state index < -0.39 is 11.8 Å². The molecule has 0 saturated heterocycles. The maximum absolute atomic E-state index is 14.1. The zero-order valence-corrected chi connectivity index (χ0v) is 42.7. The number of halogens is 3. The van der Waals surface area contributed by atoms with Gasteiger partial charge in [-0.05, 0) is 102 Å². The van der Waals surface area contributed by atoms with Gasteiger partial charge in [0.2, 0.25) is 22.1 Å². The van der Waals surface area contributed by atoms with E-state index in [1.165, 1.54) is 63.2 Å². The minimum atomic E-state index is -0.518. The SMILES string of the molecule is C.C.CCN(C)C(=O)c1ccc(-c2ccc([C@@H](c3cccc(F)c3)[C@@H](C)C(=O)Nc3nncs3)s2)cc1.C[C@@H](C(=O)Nc1nncs1)[C@H](c1cccc(F)c1)c1ccc(-c2ccc(C(=O)N(C)C)c(Cl)c2)s1. The Labute approximate surface area is 439 Å². The van der Waals surface area contributed by atoms with Crippen LogP contribution in [0.15, 0.2) is 126 Å². The third-order valence-electron chi connectivity index (χ3n) is 11.4. The van der Waals surface area contributed by atoms with E-state index in [1.807, 2.05) is 87.5 Å². The summed E-state index contributed by atoms with van der Waals surface area (Å²) in [5.41, 5.74) is 7.40. The molecule has 4 atom stereocenters. The molecule has 19 heteroatoms. The quantitative estimate of drug-likeness (QED) is 0.103. The van der Waals surface area contributed by atoms with Crippen LogP contribution in [0, 0.1) is 23.5 Å². The third kappa shape index (κ3) is 13.7. The molecule has 0 fully saturated rings. The van der Waals surface area contributed by atoms with E-state index in [0.29, 0.717) is 38.5 Å². The van der Waals surface area contributed by atoms with Gasteiger partial charge in [-0.1, -0.05) is 105 Å². The molecule has 2 N–H and O–H groups in total. The van der Waals surface area contributed by atoms with Crippen LogP contribution in [-0.2, 0) is 9.59 Å². The molecule has 0 aliphatic carbocycles. The highest BCUT2D eigenvalue weighted by molar-refractivity contribution is 7.16. The number of hydrogen-bond acceptors (Lipinski definition) is 12. The highest BCUT2D eigenvalue weighted by Crippen LogP contribution is 2.42. The van der Waals surface area contributed by atoms with E-state index in [9.17, 15) is 28.0 Å². The summed E-state index contributed by atoms with van der Waals surface area (Å²) in [6, 6.07) is 33.3. The number of amides is 4. The van der Waals surface area contributed by atoms with Crippen LogP contribution in [0.1, 0.15) is 89.1 Å². The Morgan fingerprint density at radius 2 is 1.10 bits per heavy atom. The first-order valence-electron chi connectivity index (χ1n) is 21.8. The van der Waals surface area contributed by atoms with Crippen LogP contribution in [-0.4, -0.2) is 81.5 Å². The Hall–Kier alpha value is -6.57. The number of rotatable bonds is 15. The maximum atomic E-state index is 14.1. The summed E-state index contributed by atoms with van der Waals surface area (Å²) in [4.78, 5) is 57.7. The van der Waals surface area contributed by atoms with Gasteiger partial charge in [0.25, 0.3) is 11.8 Å². The molecule has 0 radical (unpaired) electrons. The van der Waals surface area contributed by atoms with Crippen molar-refractivity contribution in [3.05, 3.63) is 175 Å². The van der Waals surface area contributed by atoms with Gasteiger partial charge >= 0.3 is 0 Å². The number of hydrogen-bond donors (Lipinski definition) is 2. The largest absolute Gasteiger partial charge is 0.345 e. The molecular formula is C53H55ClF2N8O4S4. The average molecular weight is 1070 g/mol. The van der Waals surface area contributed by atoms with Crippen LogP contribution in [0.2, 0.25) is 5.02 Å². The average Bonchev–Trinajstić information content (AvgIpc) is 4.22. The van der Waals surface area contributed by atoms with Crippen molar-refractivity contribution < 1.29 is 28.0 Å². The molecule has 8 aromatic rings. The van der Waals surface area contributed by atoms with E-state index in [-0.39, 0.29) is 62.0 Å². The highest BCUT2D eigenvalue weighted by Gasteiger charge is 2.31. The van der Waals surface area contributed by atoms with E-state index >= 15 is 0 Å². The maximum Gasteiger partial charge on any atom is 0.254 e. The standard InChI is InChI=1S/C26H25FN4O2S2.C25H22ClFN4O2S2.2CH4/c1-4-31(3)25(33)18-10-8-17(9-11-18)21-12-13-22(35-21)23(19-6-5-7-20(27)14-19)16(2)24(32)29-26-30-28-15-34-26;1-14(23(32)29-25-30-28-13-34-25)22(16-5-4-6-17(27)11-16)21-10-9-20(35-21)15-7-8-18(19(26)12-15)24(33)31(2)3;;/h5-16,23H,4H2,1-3H3,(H,29,30,32);4-14,22H,1-3H3,(H,29,30,32);2*1H4/t16-,23-;14-,22-;;/m11../s1. The van der Waals surface area contributed by atoms with Crippen LogP contribution in [0.4, 0.5) is 19.0 Å². The number of nitrogens with one attached hydrogen (secondary N) is 2. The molecule has 4 heterocycles. The lowest BCUT2D eigenvalue weighted by Gasteiger charge is -2.22. The monoisotopic (exact) mass is 1070 g/mol. The number of thiophene rings is 2. The van der Waals surface area contributed by atoms with Crippen molar-refractivity contribution in [2.75, 3.05) is 38.3 Å². The van der Waals surface area contributed by atoms with E-state index in [0.717, 1.165) is 36.2 Å². The number of benzene rings is 4. The minimum Gasteiger partial charge on any atom is -0.345 e. The molecule has 0 unspecified atom stereocenters. The van der Waals surface area contributed by atoms with Gasteiger partial charge in [0.05, 0.1) is 10.6 Å². The number of nitrogens with zero attached hydrogens (tertiary/aromatic N) is 6. The summed E-state index contributed by atoms with van der Waals surface area (Å²) in [6.07, 6.45) is 0. The lowest BCUT2D eigenvalue weighted by Crippen LogP contribution is -2.26. The minimum absolute atomic E-state index is 0. The van der Waals surface area contributed by atoms with Crippen molar-refractivity contribution in [3.8, 4) is 20.9 Å². The first-order valence-corrected chi connectivity index (χ1v) is 25.6. The van der Waals surface area contributed by atoms with Crippen LogP contribution >= 0.6 is 56.9 Å². The molecule has 8 rings (SSSR count). The molecule has 4 aromatic carbocycles. The summed E-state index contributed by atoms with van der Waals surface area (Å²) in [5, 5.41) is 22.1. The van der Waals surface area contributed by atoms with Gasteiger partial charge in [-0.3, -0.25) is 19.2 Å². The van der Waals surface area contributed by atoms with Crippen molar-refractivity contribution in [3.63, 3.8) is 0 Å². The van der Waals surface area contributed by atoms with Gasteiger partial charge in [0.1, 0.15) is 22.7 Å². The zero-order chi connectivity index (χ0) is 50.1. The van der Waals surface area contributed by atoms with Crippen molar-refractivity contribution >= 4 is 90.8 Å². The van der Waals surface area contributed by atoms with Crippen molar-refractivity contribution in [1.82, 2.24) is 30.2 Å². The highest BCUT2D eigenvalue weighted by atomic mass is 35.5. The number of carbonyl (C=O) groups is 4. The second-order valence-corrected chi connectivity index (χ2v) is 20.6. The predicted molar refractivity (Wildman–Crippen MR) is 291 cm³/mol. The number of anilines is 2. The molecular weight excluding hydrogens is 1010 g/mol. The van der Waals surface area contributed by atoms with Crippen LogP contribution in [0.25, 0.3) is 20.9 Å². The van der Waals surface area contributed by atoms with E-state index in [2.05, 4.69) is 31.0 Å². The van der Waals surface area contributed by atoms with E-state index in [1.54, 1.807) is 72.7 Å². The predicted octanol–water partition coefficient (Wildman–Crippen LogP) is 13.3. The van der Waals surface area contributed by atoms with Gasteiger partial charge in [0, 0.05) is 76.4 Å². The molecule has 72 heavy (non-hydrogen) atoms. The normalized spacial score (nSPS) is 12.3. The molecule has 0 aliphatic rings. The summed E-state index contributed by atoms with van der Waals surface area (Å²) < 4.78 is 28.3. The summed E-state index contributed by atoms with van der Waals surface area (Å²) in [5.74, 6) is -3.10. The Morgan fingerprint density at radius 3 is 1.51 bits per heavy atom. The molecule has 0 bridgehead atoms. The second kappa shape index (κ2) is 25.7. The fraction of sp³-hybridized carbons (Fsp3) is 0.245. The van der Waals surface area contributed by atoms with Crippen LogP contribution in [0.5, 0.6) is 0 Å². The summed E-state index contributed by atoms with van der Waals surface area (Å²) in [6.45, 7) is 6.21. The fourth-order valence-electron chi connectivity index (χ4n) is 7.57. The Balaban J connectivity index is 0.000000260. The van der Waals surface area contributed by atoms with Gasteiger partial charge in [-0.25, -0.2) is 8.78 Å². The van der Waals surface area contributed by atoms with Crippen molar-refractivity contribution in [1.29, 1.82) is 0 Å². The van der Waals surface area contributed by atoms with Gasteiger partial charge in [-0.15, -0.1) is 43.1 Å². The molecule has 12 nitrogen and oxygen atoms in total. The molecule has 4 aromatic heterocycles. The van der Waals surface area contributed by atoms with Gasteiger partial charge < -0.3 is 20.4 Å². The molecule has 0 spiro atoms. The molecule has 0 aliphatic heterocycles. The second-order valence-electron chi connectivity index (χ2n) is 16.3. The topological polar surface area (TPSA) is 150 Å². The third-order valence-corrected chi connectivity index (χ3v) is 15.4. The first kappa shape index (κ1) is 56.3. The number of aromatic nitrogens is 4. The fourth-order valence-corrected chi connectivity index (χ4v) is 11.2. The van der Waals surface area contributed by atoms with Crippen LogP contribution in [0.3, 0.4) is 0 Å². The zero-order valence-electron chi connectivity index (χ0n) is 38.7. The Morgan fingerprint density at radius 1 is 0.625 bits per heavy atom.